The number of fused-ring (bicyclic) bond motifs is 1. The van der Waals surface area contributed by atoms with E-state index in [-0.39, 0.29) is 18.2 Å². The van der Waals surface area contributed by atoms with E-state index in [1.54, 1.807) is 12.1 Å². The molecule has 3 N–H and O–H groups in total. The van der Waals surface area contributed by atoms with Crippen LogP contribution < -0.4 is 20.5 Å². The minimum Gasteiger partial charge on any atom is -0.454 e. The van der Waals surface area contributed by atoms with Gasteiger partial charge in [-0.15, -0.1) is 0 Å². The van der Waals surface area contributed by atoms with Crippen LogP contribution in [0.2, 0.25) is 0 Å². The molecule has 1 aromatic rings. The van der Waals surface area contributed by atoms with Gasteiger partial charge in [0, 0.05) is 17.3 Å². The van der Waals surface area contributed by atoms with E-state index in [9.17, 15) is 4.79 Å². The second-order valence-corrected chi connectivity index (χ2v) is 5.51. The summed E-state index contributed by atoms with van der Waals surface area (Å²) >= 11 is 0. The zero-order chi connectivity index (χ0) is 13.5. The zero-order valence-electron chi connectivity index (χ0n) is 11.0. The first kappa shape index (κ1) is 12.1. The van der Waals surface area contributed by atoms with Crippen molar-refractivity contribution in [1.82, 2.24) is 5.32 Å². The van der Waals surface area contributed by atoms with Crippen molar-refractivity contribution in [3.63, 3.8) is 0 Å². The van der Waals surface area contributed by atoms with Gasteiger partial charge < -0.3 is 20.5 Å². The van der Waals surface area contributed by atoms with Crippen LogP contribution in [0.4, 0.5) is 5.69 Å². The summed E-state index contributed by atoms with van der Waals surface area (Å²) in [5.74, 6) is 1.04. The van der Waals surface area contributed by atoms with Crippen molar-refractivity contribution in [2.45, 2.75) is 38.1 Å². The fourth-order valence-corrected chi connectivity index (χ4v) is 2.78. The third kappa shape index (κ3) is 2.20. The molecule has 102 valence electrons. The number of rotatable bonds is 2. The molecule has 0 spiro atoms. The summed E-state index contributed by atoms with van der Waals surface area (Å²) in [5, 5.41) is 3.09. The zero-order valence-corrected chi connectivity index (χ0v) is 11.0. The first-order valence-corrected chi connectivity index (χ1v) is 6.59. The SMILES string of the molecule is CC1(NC(=O)c2cc3c(cc2N)OCO3)CCCC1. The van der Waals surface area contributed by atoms with Crippen LogP contribution in [0.5, 0.6) is 11.5 Å². The highest BCUT2D eigenvalue weighted by atomic mass is 16.7. The summed E-state index contributed by atoms with van der Waals surface area (Å²) in [6.45, 7) is 2.26. The van der Waals surface area contributed by atoms with E-state index in [1.165, 1.54) is 0 Å². The summed E-state index contributed by atoms with van der Waals surface area (Å²) < 4.78 is 10.5. The molecular formula is C14H18N2O3. The van der Waals surface area contributed by atoms with Crippen LogP contribution in [0.3, 0.4) is 0 Å². The number of carbonyl (C=O) groups excluding carboxylic acids is 1. The van der Waals surface area contributed by atoms with E-state index in [0.717, 1.165) is 25.7 Å². The lowest BCUT2D eigenvalue weighted by Gasteiger charge is -2.25. The second-order valence-electron chi connectivity index (χ2n) is 5.51. The lowest BCUT2D eigenvalue weighted by Crippen LogP contribution is -2.43. The molecule has 1 fully saturated rings. The summed E-state index contributed by atoms with van der Waals surface area (Å²) in [6.07, 6.45) is 4.35. The molecule has 2 aliphatic rings. The second kappa shape index (κ2) is 4.33. The molecule has 1 amide bonds. The Morgan fingerprint density at radius 3 is 2.58 bits per heavy atom. The number of nitrogens with one attached hydrogen (secondary N) is 1. The van der Waals surface area contributed by atoms with Gasteiger partial charge in [-0.3, -0.25) is 4.79 Å². The van der Waals surface area contributed by atoms with Crippen LogP contribution in [0.25, 0.3) is 0 Å². The Morgan fingerprint density at radius 1 is 1.26 bits per heavy atom. The highest BCUT2D eigenvalue weighted by molar-refractivity contribution is 6.00. The maximum absolute atomic E-state index is 12.3. The fraction of sp³-hybridized carbons (Fsp3) is 0.500. The molecule has 3 rings (SSSR count). The number of nitrogen functional groups attached to an aromatic ring is 1. The van der Waals surface area contributed by atoms with Gasteiger partial charge in [0.1, 0.15) is 0 Å². The smallest absolute Gasteiger partial charge is 0.253 e. The molecule has 0 aromatic heterocycles. The van der Waals surface area contributed by atoms with Crippen molar-refractivity contribution in [3.8, 4) is 11.5 Å². The Hall–Kier alpha value is -1.91. The number of benzene rings is 1. The molecule has 0 saturated heterocycles. The highest BCUT2D eigenvalue weighted by Crippen LogP contribution is 2.36. The van der Waals surface area contributed by atoms with Gasteiger partial charge >= 0.3 is 0 Å². The highest BCUT2D eigenvalue weighted by Gasteiger charge is 2.31. The third-order valence-electron chi connectivity index (χ3n) is 3.91. The predicted octanol–water partition coefficient (Wildman–Crippen LogP) is 2.06. The Kier molecular flexibility index (Phi) is 2.77. The van der Waals surface area contributed by atoms with E-state index < -0.39 is 0 Å². The normalized spacial score (nSPS) is 19.4. The third-order valence-corrected chi connectivity index (χ3v) is 3.91. The molecule has 5 nitrogen and oxygen atoms in total. The van der Waals surface area contributed by atoms with Gasteiger partial charge in [-0.2, -0.15) is 0 Å². The summed E-state index contributed by atoms with van der Waals surface area (Å²) in [7, 11) is 0. The average Bonchev–Trinajstić information content (AvgIpc) is 2.96. The summed E-state index contributed by atoms with van der Waals surface area (Å²) in [6, 6.07) is 3.31. The maximum Gasteiger partial charge on any atom is 0.253 e. The summed E-state index contributed by atoms with van der Waals surface area (Å²) in [4.78, 5) is 12.3. The monoisotopic (exact) mass is 262 g/mol. The van der Waals surface area contributed by atoms with Gasteiger partial charge in [0.15, 0.2) is 11.5 Å². The maximum atomic E-state index is 12.3. The van der Waals surface area contributed by atoms with E-state index in [4.69, 9.17) is 15.2 Å². The quantitative estimate of drug-likeness (QED) is 0.800. The van der Waals surface area contributed by atoms with Crippen LogP contribution in [0.1, 0.15) is 43.0 Å². The van der Waals surface area contributed by atoms with Crippen LogP contribution in [0, 0.1) is 0 Å². The first-order chi connectivity index (χ1) is 9.07. The molecular weight excluding hydrogens is 244 g/mol. The van der Waals surface area contributed by atoms with Gasteiger partial charge in [0.05, 0.1) is 5.56 Å². The van der Waals surface area contributed by atoms with Gasteiger partial charge in [0.25, 0.3) is 5.91 Å². The topological polar surface area (TPSA) is 73.6 Å². The molecule has 1 saturated carbocycles. The minimum atomic E-state index is -0.139. The molecule has 19 heavy (non-hydrogen) atoms. The van der Waals surface area contributed by atoms with E-state index in [0.29, 0.717) is 22.7 Å². The van der Waals surface area contributed by atoms with Crippen molar-refractivity contribution >= 4 is 11.6 Å². The number of hydrogen-bond donors (Lipinski definition) is 2. The van der Waals surface area contributed by atoms with E-state index in [1.807, 2.05) is 0 Å². The molecule has 0 unspecified atom stereocenters. The minimum absolute atomic E-state index is 0.111. The number of ether oxygens (including phenoxy) is 2. The summed E-state index contributed by atoms with van der Waals surface area (Å²) in [5.41, 5.74) is 6.68. The molecule has 0 atom stereocenters. The van der Waals surface area contributed by atoms with Crippen LogP contribution in [-0.2, 0) is 0 Å². The molecule has 5 heteroatoms. The number of carbonyl (C=O) groups is 1. The van der Waals surface area contributed by atoms with Crippen molar-refractivity contribution in [1.29, 1.82) is 0 Å². The van der Waals surface area contributed by atoms with Gasteiger partial charge in [-0.25, -0.2) is 0 Å². The van der Waals surface area contributed by atoms with Crippen molar-refractivity contribution in [2.75, 3.05) is 12.5 Å². The van der Waals surface area contributed by atoms with Crippen LogP contribution >= 0.6 is 0 Å². The van der Waals surface area contributed by atoms with Gasteiger partial charge in [-0.1, -0.05) is 12.8 Å². The Morgan fingerprint density at radius 2 is 1.89 bits per heavy atom. The van der Waals surface area contributed by atoms with Crippen molar-refractivity contribution in [2.24, 2.45) is 0 Å². The number of anilines is 1. The number of hydrogen-bond acceptors (Lipinski definition) is 4. The lowest BCUT2D eigenvalue weighted by molar-refractivity contribution is 0.0908. The van der Waals surface area contributed by atoms with Gasteiger partial charge in [0.2, 0.25) is 6.79 Å². The molecule has 1 aromatic carbocycles. The number of nitrogens with two attached hydrogens (primary N) is 1. The Balaban J connectivity index is 1.83. The van der Waals surface area contributed by atoms with E-state index in [2.05, 4.69) is 12.2 Å². The van der Waals surface area contributed by atoms with Crippen molar-refractivity contribution in [3.05, 3.63) is 17.7 Å². The van der Waals surface area contributed by atoms with Crippen LogP contribution in [0.15, 0.2) is 12.1 Å². The standard InChI is InChI=1S/C14H18N2O3/c1-14(4-2-3-5-14)16-13(17)9-6-11-12(7-10(9)15)19-8-18-11/h6-7H,2-5,8,15H2,1H3,(H,16,17). The van der Waals surface area contributed by atoms with E-state index >= 15 is 0 Å². The predicted molar refractivity (Wildman–Crippen MR) is 71.3 cm³/mol. The van der Waals surface area contributed by atoms with Gasteiger partial charge in [-0.05, 0) is 25.8 Å². The first-order valence-electron chi connectivity index (χ1n) is 6.59. The largest absolute Gasteiger partial charge is 0.454 e. The lowest BCUT2D eigenvalue weighted by atomic mass is 9.99. The van der Waals surface area contributed by atoms with Crippen LogP contribution in [-0.4, -0.2) is 18.2 Å². The average molecular weight is 262 g/mol. The molecule has 0 radical (unpaired) electrons. The fourth-order valence-electron chi connectivity index (χ4n) is 2.78. The van der Waals surface area contributed by atoms with Crippen molar-refractivity contribution < 1.29 is 14.3 Å². The Bertz CT molecular complexity index is 522. The Labute approximate surface area is 112 Å². The molecule has 1 aliphatic carbocycles. The molecule has 1 aliphatic heterocycles. The number of amides is 1. The molecule has 1 heterocycles. The molecule has 0 bridgehead atoms.